The fraction of sp³-hybridized carbons (Fsp3) is 0.318. The Morgan fingerprint density at radius 2 is 1.88 bits per heavy atom. The summed E-state index contributed by atoms with van der Waals surface area (Å²) in [5, 5.41) is 14.2. The lowest BCUT2D eigenvalue weighted by Gasteiger charge is -2.09. The fourth-order valence-electron chi connectivity index (χ4n) is 2.70. The Kier molecular flexibility index (Phi) is 8.20. The van der Waals surface area contributed by atoms with Gasteiger partial charge in [0.15, 0.2) is 17.6 Å². The average molecular weight is 455 g/mol. The zero-order valence-electron chi connectivity index (χ0n) is 18.2. The van der Waals surface area contributed by atoms with Crippen molar-refractivity contribution in [3.05, 3.63) is 60.0 Å². The van der Waals surface area contributed by atoms with Crippen molar-refractivity contribution in [1.82, 2.24) is 25.1 Å². The third kappa shape index (κ3) is 6.81. The predicted molar refractivity (Wildman–Crippen MR) is 122 cm³/mol. The SMILES string of the molecule is CC(C)c1ccc(OCC(=O)NCc2nnc(SCC(=O)Nc3ccccn3)n2C)cc1. The lowest BCUT2D eigenvalue weighted by molar-refractivity contribution is -0.123. The van der Waals surface area contributed by atoms with Crippen LogP contribution in [0.15, 0.2) is 53.8 Å². The lowest BCUT2D eigenvalue weighted by atomic mass is 10.0. The second kappa shape index (κ2) is 11.3. The van der Waals surface area contributed by atoms with Crippen molar-refractivity contribution in [3.63, 3.8) is 0 Å². The van der Waals surface area contributed by atoms with Crippen LogP contribution in [0.2, 0.25) is 0 Å². The molecule has 0 aliphatic heterocycles. The van der Waals surface area contributed by atoms with Crippen LogP contribution in [-0.2, 0) is 23.2 Å². The second-order valence-corrected chi connectivity index (χ2v) is 8.24. The highest BCUT2D eigenvalue weighted by atomic mass is 32.2. The Labute approximate surface area is 191 Å². The molecular formula is C22H26N6O3S. The van der Waals surface area contributed by atoms with E-state index in [4.69, 9.17) is 4.74 Å². The number of ether oxygens (including phenoxy) is 1. The largest absolute Gasteiger partial charge is 0.484 e. The minimum atomic E-state index is -0.259. The summed E-state index contributed by atoms with van der Waals surface area (Å²) in [6.45, 7) is 4.36. The third-order valence-electron chi connectivity index (χ3n) is 4.55. The van der Waals surface area contributed by atoms with Gasteiger partial charge in [-0.15, -0.1) is 10.2 Å². The standard InChI is InChI=1S/C22H26N6O3S/c1-15(2)16-7-9-17(10-8-16)31-13-20(29)24-12-19-26-27-22(28(19)3)32-14-21(30)25-18-6-4-5-11-23-18/h4-11,15H,12-14H2,1-3H3,(H,24,29)(H,23,25,30). The third-order valence-corrected chi connectivity index (χ3v) is 5.57. The molecule has 32 heavy (non-hydrogen) atoms. The van der Waals surface area contributed by atoms with Crippen LogP contribution in [0, 0.1) is 0 Å². The van der Waals surface area contributed by atoms with Gasteiger partial charge >= 0.3 is 0 Å². The van der Waals surface area contributed by atoms with E-state index >= 15 is 0 Å². The number of benzene rings is 1. The number of hydrogen-bond donors (Lipinski definition) is 2. The number of amides is 2. The van der Waals surface area contributed by atoms with E-state index in [2.05, 4.69) is 39.7 Å². The highest BCUT2D eigenvalue weighted by Gasteiger charge is 2.13. The molecule has 0 aliphatic carbocycles. The van der Waals surface area contributed by atoms with E-state index in [9.17, 15) is 9.59 Å². The molecule has 0 unspecified atom stereocenters. The molecule has 0 saturated carbocycles. The summed E-state index contributed by atoms with van der Waals surface area (Å²) in [7, 11) is 1.78. The van der Waals surface area contributed by atoms with Crippen LogP contribution < -0.4 is 15.4 Å². The Morgan fingerprint density at radius 1 is 1.09 bits per heavy atom. The number of nitrogens with zero attached hydrogens (tertiary/aromatic N) is 4. The number of carbonyl (C=O) groups is 2. The molecule has 0 bridgehead atoms. The van der Waals surface area contributed by atoms with Crippen LogP contribution in [-0.4, -0.2) is 43.9 Å². The molecule has 2 N–H and O–H groups in total. The van der Waals surface area contributed by atoms with Crippen molar-refractivity contribution in [2.24, 2.45) is 7.05 Å². The first-order chi connectivity index (χ1) is 15.4. The number of pyridine rings is 1. The van der Waals surface area contributed by atoms with Crippen molar-refractivity contribution in [2.45, 2.75) is 31.5 Å². The summed E-state index contributed by atoms with van der Waals surface area (Å²) < 4.78 is 7.27. The molecule has 10 heteroatoms. The smallest absolute Gasteiger partial charge is 0.258 e. The molecule has 0 spiro atoms. The summed E-state index contributed by atoms with van der Waals surface area (Å²) in [5.41, 5.74) is 1.21. The Hall–Kier alpha value is -3.40. The van der Waals surface area contributed by atoms with Gasteiger partial charge in [0.25, 0.3) is 5.91 Å². The highest BCUT2D eigenvalue weighted by molar-refractivity contribution is 7.99. The maximum atomic E-state index is 12.1. The van der Waals surface area contributed by atoms with E-state index in [0.717, 1.165) is 0 Å². The maximum absolute atomic E-state index is 12.1. The summed E-state index contributed by atoms with van der Waals surface area (Å²) in [5.74, 6) is 1.88. The number of thioether (sulfide) groups is 1. The highest BCUT2D eigenvalue weighted by Crippen LogP contribution is 2.18. The molecule has 2 amide bonds. The van der Waals surface area contributed by atoms with Gasteiger partial charge in [0.1, 0.15) is 11.6 Å². The Balaban J connectivity index is 1.41. The molecule has 168 valence electrons. The van der Waals surface area contributed by atoms with Crippen LogP contribution in [0.4, 0.5) is 5.82 Å². The summed E-state index contributed by atoms with van der Waals surface area (Å²) in [6.07, 6.45) is 1.61. The van der Waals surface area contributed by atoms with Crippen molar-refractivity contribution in [3.8, 4) is 5.75 Å². The van der Waals surface area contributed by atoms with Gasteiger partial charge in [-0.1, -0.05) is 43.8 Å². The monoisotopic (exact) mass is 454 g/mol. The van der Waals surface area contributed by atoms with Crippen LogP contribution in [0.1, 0.15) is 31.2 Å². The van der Waals surface area contributed by atoms with E-state index in [1.807, 2.05) is 24.3 Å². The number of anilines is 1. The molecule has 0 fully saturated rings. The van der Waals surface area contributed by atoms with E-state index in [0.29, 0.717) is 28.5 Å². The molecule has 1 aromatic carbocycles. The van der Waals surface area contributed by atoms with Gasteiger partial charge in [-0.05, 0) is 35.7 Å². The molecule has 3 rings (SSSR count). The van der Waals surface area contributed by atoms with E-state index in [1.165, 1.54) is 17.3 Å². The molecule has 3 aromatic rings. The summed E-state index contributed by atoms with van der Waals surface area (Å²) in [6, 6.07) is 13.0. The molecule has 2 heterocycles. The molecular weight excluding hydrogens is 428 g/mol. The van der Waals surface area contributed by atoms with Gasteiger partial charge in [-0.2, -0.15) is 0 Å². The quantitative estimate of drug-likeness (QED) is 0.453. The molecule has 0 atom stereocenters. The first-order valence-electron chi connectivity index (χ1n) is 10.1. The first-order valence-corrected chi connectivity index (χ1v) is 11.1. The average Bonchev–Trinajstić information content (AvgIpc) is 3.15. The number of rotatable bonds is 10. The lowest BCUT2D eigenvalue weighted by Crippen LogP contribution is -2.29. The van der Waals surface area contributed by atoms with Crippen LogP contribution in [0.3, 0.4) is 0 Å². The zero-order valence-corrected chi connectivity index (χ0v) is 19.1. The van der Waals surface area contributed by atoms with Gasteiger partial charge in [0.05, 0.1) is 12.3 Å². The van der Waals surface area contributed by atoms with E-state index in [1.54, 1.807) is 36.0 Å². The minimum Gasteiger partial charge on any atom is -0.484 e. The molecule has 0 saturated heterocycles. The van der Waals surface area contributed by atoms with E-state index < -0.39 is 0 Å². The molecule has 2 aromatic heterocycles. The second-order valence-electron chi connectivity index (χ2n) is 7.30. The Morgan fingerprint density at radius 3 is 2.56 bits per heavy atom. The zero-order chi connectivity index (χ0) is 22.9. The number of carbonyl (C=O) groups excluding carboxylic acids is 2. The van der Waals surface area contributed by atoms with E-state index in [-0.39, 0.29) is 30.7 Å². The van der Waals surface area contributed by atoms with Gasteiger partial charge in [-0.25, -0.2) is 4.98 Å². The van der Waals surface area contributed by atoms with Gasteiger partial charge in [0, 0.05) is 13.2 Å². The van der Waals surface area contributed by atoms with Gasteiger partial charge < -0.3 is 19.9 Å². The fourth-order valence-corrected chi connectivity index (χ4v) is 3.43. The number of aromatic nitrogens is 4. The van der Waals surface area contributed by atoms with Crippen molar-refractivity contribution < 1.29 is 14.3 Å². The van der Waals surface area contributed by atoms with Crippen molar-refractivity contribution >= 4 is 29.4 Å². The summed E-state index contributed by atoms with van der Waals surface area (Å²) in [4.78, 5) is 28.2. The minimum absolute atomic E-state index is 0.0891. The first kappa shape index (κ1) is 23.3. The predicted octanol–water partition coefficient (Wildman–Crippen LogP) is 2.76. The summed E-state index contributed by atoms with van der Waals surface area (Å²) >= 11 is 1.25. The molecule has 0 radical (unpaired) electrons. The van der Waals surface area contributed by atoms with Crippen LogP contribution in [0.25, 0.3) is 0 Å². The normalized spacial score (nSPS) is 10.8. The number of hydrogen-bond acceptors (Lipinski definition) is 7. The van der Waals surface area contributed by atoms with Gasteiger partial charge in [-0.3, -0.25) is 9.59 Å². The molecule has 0 aliphatic rings. The Bertz CT molecular complexity index is 1040. The van der Waals surface area contributed by atoms with Crippen LogP contribution in [0.5, 0.6) is 5.75 Å². The van der Waals surface area contributed by atoms with Crippen LogP contribution >= 0.6 is 11.8 Å². The molecule has 9 nitrogen and oxygen atoms in total. The van der Waals surface area contributed by atoms with Crippen molar-refractivity contribution in [1.29, 1.82) is 0 Å². The van der Waals surface area contributed by atoms with Gasteiger partial charge in [0.2, 0.25) is 5.91 Å². The van der Waals surface area contributed by atoms with Crippen molar-refractivity contribution in [2.75, 3.05) is 17.7 Å². The maximum Gasteiger partial charge on any atom is 0.258 e. The number of nitrogens with one attached hydrogen (secondary N) is 2. The topological polar surface area (TPSA) is 111 Å².